The first-order valence-electron chi connectivity index (χ1n) is 4.77. The van der Waals surface area contributed by atoms with E-state index < -0.39 is 5.92 Å². The first-order valence-corrected chi connectivity index (χ1v) is 4.77. The average Bonchev–Trinajstić information content (AvgIpc) is 2.78. The predicted octanol–water partition coefficient (Wildman–Crippen LogP) is 0.266. The zero-order valence-corrected chi connectivity index (χ0v) is 7.19. The van der Waals surface area contributed by atoms with Crippen LogP contribution in [0.25, 0.3) is 0 Å². The van der Waals surface area contributed by atoms with Gasteiger partial charge in [0.1, 0.15) is 5.92 Å². The Labute approximate surface area is 76.2 Å². The number of nitrogens with one attached hydrogen (secondary N) is 1. The Bertz CT molecular complexity index is 303. The van der Waals surface area contributed by atoms with Crippen LogP contribution in [0.1, 0.15) is 12.8 Å². The number of Topliss-reactive ketones (excluding diaryl/α,β-unsaturated/α-hetero) is 1. The van der Waals surface area contributed by atoms with E-state index in [1.54, 1.807) is 6.08 Å². The van der Waals surface area contributed by atoms with E-state index in [-0.39, 0.29) is 17.7 Å². The summed E-state index contributed by atoms with van der Waals surface area (Å²) in [4.78, 5) is 22.9. The average molecular weight is 177 g/mol. The Balaban J connectivity index is 2.02. The van der Waals surface area contributed by atoms with E-state index in [9.17, 15) is 9.59 Å². The standard InChI is InChI=1S/C10H11NO2/c12-9-4-8-7-3-5(7)1-2-6(9)10(13)11-8/h1-2,5-8H,3-4H2,(H,11,13)/b2-1-/t5-,6?,7+,8?/m1/s1. The van der Waals surface area contributed by atoms with Gasteiger partial charge in [-0.1, -0.05) is 12.2 Å². The van der Waals surface area contributed by atoms with Crippen molar-refractivity contribution in [2.24, 2.45) is 17.8 Å². The molecule has 2 fully saturated rings. The molecule has 4 atom stereocenters. The van der Waals surface area contributed by atoms with Crippen LogP contribution >= 0.6 is 0 Å². The number of allylic oxidation sites excluding steroid dienone is 1. The van der Waals surface area contributed by atoms with Gasteiger partial charge in [-0.2, -0.15) is 0 Å². The van der Waals surface area contributed by atoms with Gasteiger partial charge in [0.15, 0.2) is 5.78 Å². The normalized spacial score (nSPS) is 48.9. The Morgan fingerprint density at radius 2 is 2.15 bits per heavy atom. The summed E-state index contributed by atoms with van der Waals surface area (Å²) in [6.07, 6.45) is 5.53. The quantitative estimate of drug-likeness (QED) is 0.426. The molecule has 1 N–H and O–H groups in total. The molecule has 2 bridgehead atoms. The molecule has 2 heterocycles. The van der Waals surface area contributed by atoms with Gasteiger partial charge in [0.25, 0.3) is 0 Å². The minimum Gasteiger partial charge on any atom is -0.352 e. The van der Waals surface area contributed by atoms with E-state index >= 15 is 0 Å². The number of rotatable bonds is 0. The number of hydrogen-bond donors (Lipinski definition) is 1. The van der Waals surface area contributed by atoms with Crippen LogP contribution in [0.2, 0.25) is 0 Å². The molecular weight excluding hydrogens is 166 g/mol. The van der Waals surface area contributed by atoms with Crippen molar-refractivity contribution in [3.8, 4) is 0 Å². The lowest BCUT2D eigenvalue weighted by molar-refractivity contribution is -0.136. The van der Waals surface area contributed by atoms with Gasteiger partial charge in [0, 0.05) is 12.5 Å². The molecule has 4 rings (SSSR count). The fourth-order valence-electron chi connectivity index (χ4n) is 2.44. The summed E-state index contributed by atoms with van der Waals surface area (Å²) in [7, 11) is 0. The third-order valence-corrected chi connectivity index (χ3v) is 3.34. The third-order valence-electron chi connectivity index (χ3n) is 3.34. The molecule has 4 aliphatic rings. The molecule has 3 nitrogen and oxygen atoms in total. The molecular formula is C10H11NO2. The molecule has 0 spiro atoms. The summed E-state index contributed by atoms with van der Waals surface area (Å²) in [5.41, 5.74) is 0. The zero-order chi connectivity index (χ0) is 9.00. The van der Waals surface area contributed by atoms with E-state index in [0.29, 0.717) is 18.3 Å². The Morgan fingerprint density at radius 3 is 2.92 bits per heavy atom. The van der Waals surface area contributed by atoms with Crippen LogP contribution in [0.5, 0.6) is 0 Å². The molecule has 2 unspecified atom stereocenters. The van der Waals surface area contributed by atoms with E-state index in [0.717, 1.165) is 6.42 Å². The van der Waals surface area contributed by atoms with Crippen LogP contribution < -0.4 is 5.32 Å². The van der Waals surface area contributed by atoms with Crippen LogP contribution in [0.15, 0.2) is 12.2 Å². The predicted molar refractivity (Wildman–Crippen MR) is 45.8 cm³/mol. The maximum Gasteiger partial charge on any atom is 0.234 e. The van der Waals surface area contributed by atoms with Crippen LogP contribution in [0, 0.1) is 17.8 Å². The number of amides is 1. The number of fused-ring (bicyclic) bond motifs is 2. The molecule has 0 aromatic carbocycles. The van der Waals surface area contributed by atoms with E-state index in [1.165, 1.54) is 0 Å². The van der Waals surface area contributed by atoms with Crippen molar-refractivity contribution in [1.82, 2.24) is 5.32 Å². The topological polar surface area (TPSA) is 46.2 Å². The van der Waals surface area contributed by atoms with Gasteiger partial charge >= 0.3 is 0 Å². The highest BCUT2D eigenvalue weighted by molar-refractivity contribution is 6.05. The Kier molecular flexibility index (Phi) is 1.25. The number of piperidine rings is 1. The highest BCUT2D eigenvalue weighted by Gasteiger charge is 2.48. The van der Waals surface area contributed by atoms with Crippen LogP contribution in [0.3, 0.4) is 0 Å². The molecule has 0 radical (unpaired) electrons. The van der Waals surface area contributed by atoms with Gasteiger partial charge in [-0.3, -0.25) is 9.59 Å². The molecule has 0 aromatic heterocycles. The molecule has 2 aliphatic heterocycles. The maximum atomic E-state index is 11.5. The SMILES string of the molecule is O=C1CC2NC(=O)C1/C=C\[C@@H]1C[C@H]21. The van der Waals surface area contributed by atoms with E-state index in [2.05, 4.69) is 11.4 Å². The molecule has 2 aliphatic carbocycles. The number of carbonyl (C=O) groups is 2. The Morgan fingerprint density at radius 1 is 1.31 bits per heavy atom. The van der Waals surface area contributed by atoms with Gasteiger partial charge < -0.3 is 5.32 Å². The lowest BCUT2D eigenvalue weighted by atomic mass is 9.87. The molecule has 68 valence electrons. The summed E-state index contributed by atoms with van der Waals surface area (Å²) in [5.74, 6) is 0.669. The smallest absolute Gasteiger partial charge is 0.234 e. The molecule has 1 amide bonds. The largest absolute Gasteiger partial charge is 0.352 e. The van der Waals surface area contributed by atoms with Crippen molar-refractivity contribution in [1.29, 1.82) is 0 Å². The Hall–Kier alpha value is -1.12. The monoisotopic (exact) mass is 177 g/mol. The second kappa shape index (κ2) is 2.22. The van der Waals surface area contributed by atoms with Gasteiger partial charge in [-0.15, -0.1) is 0 Å². The van der Waals surface area contributed by atoms with Crippen LogP contribution in [0.4, 0.5) is 0 Å². The van der Waals surface area contributed by atoms with Crippen molar-refractivity contribution in [3.63, 3.8) is 0 Å². The van der Waals surface area contributed by atoms with Gasteiger partial charge in [-0.05, 0) is 18.3 Å². The summed E-state index contributed by atoms with van der Waals surface area (Å²) >= 11 is 0. The van der Waals surface area contributed by atoms with Gasteiger partial charge in [0.2, 0.25) is 5.91 Å². The molecule has 3 heteroatoms. The van der Waals surface area contributed by atoms with Gasteiger partial charge in [0.05, 0.1) is 0 Å². The first kappa shape index (κ1) is 7.30. The second-order valence-electron chi connectivity index (χ2n) is 4.21. The first-order chi connectivity index (χ1) is 6.25. The van der Waals surface area contributed by atoms with E-state index in [1.807, 2.05) is 0 Å². The summed E-state index contributed by atoms with van der Waals surface area (Å²) < 4.78 is 0. The fourth-order valence-corrected chi connectivity index (χ4v) is 2.44. The van der Waals surface area contributed by atoms with Crippen LogP contribution in [-0.4, -0.2) is 17.7 Å². The minimum atomic E-state index is -0.488. The fraction of sp³-hybridized carbons (Fsp3) is 0.600. The van der Waals surface area contributed by atoms with Crippen molar-refractivity contribution in [2.75, 3.05) is 0 Å². The van der Waals surface area contributed by atoms with Crippen molar-refractivity contribution in [2.45, 2.75) is 18.9 Å². The number of hydrogen-bond acceptors (Lipinski definition) is 2. The summed E-state index contributed by atoms with van der Waals surface area (Å²) in [6.45, 7) is 0. The number of ketones is 1. The highest BCUT2D eigenvalue weighted by Crippen LogP contribution is 2.46. The maximum absolute atomic E-state index is 11.5. The van der Waals surface area contributed by atoms with Crippen LogP contribution in [-0.2, 0) is 9.59 Å². The van der Waals surface area contributed by atoms with Gasteiger partial charge in [-0.25, -0.2) is 0 Å². The third kappa shape index (κ3) is 0.961. The lowest BCUT2D eigenvalue weighted by Gasteiger charge is -2.28. The summed E-state index contributed by atoms with van der Waals surface area (Å²) in [5, 5.41) is 2.93. The molecule has 0 aromatic rings. The molecule has 1 saturated heterocycles. The second-order valence-corrected chi connectivity index (χ2v) is 4.21. The van der Waals surface area contributed by atoms with Crippen molar-refractivity contribution in [3.05, 3.63) is 12.2 Å². The molecule has 1 saturated carbocycles. The van der Waals surface area contributed by atoms with Crippen molar-refractivity contribution < 1.29 is 9.59 Å². The van der Waals surface area contributed by atoms with E-state index in [4.69, 9.17) is 0 Å². The summed E-state index contributed by atoms with van der Waals surface area (Å²) in [6, 6.07) is 0.131. The van der Waals surface area contributed by atoms with Crippen molar-refractivity contribution >= 4 is 11.7 Å². The minimum absolute atomic E-state index is 0.0929. The lowest BCUT2D eigenvalue weighted by Crippen LogP contribution is -2.50. The zero-order valence-electron chi connectivity index (χ0n) is 7.19. The molecule has 13 heavy (non-hydrogen) atoms. The highest BCUT2D eigenvalue weighted by atomic mass is 16.2. The number of carbonyl (C=O) groups excluding carboxylic acids is 2.